The van der Waals surface area contributed by atoms with Crippen LogP contribution in [0, 0.1) is 5.92 Å². The van der Waals surface area contributed by atoms with Gasteiger partial charge in [-0.05, 0) is 58.0 Å². The molecule has 2 atom stereocenters. The van der Waals surface area contributed by atoms with Gasteiger partial charge in [0.25, 0.3) is 0 Å². The Morgan fingerprint density at radius 3 is 2.78 bits per heavy atom. The maximum atomic E-state index is 5.74. The van der Waals surface area contributed by atoms with Crippen LogP contribution in [-0.2, 0) is 4.74 Å². The molecule has 2 aliphatic rings. The lowest BCUT2D eigenvalue weighted by molar-refractivity contribution is 0.0647. The first-order valence-electron chi connectivity index (χ1n) is 7.84. The molecule has 2 unspecified atom stereocenters. The lowest BCUT2D eigenvalue weighted by Gasteiger charge is -2.38. The van der Waals surface area contributed by atoms with Crippen LogP contribution < -0.4 is 5.32 Å². The van der Waals surface area contributed by atoms with Gasteiger partial charge in [-0.2, -0.15) is 0 Å². The second-order valence-corrected chi connectivity index (χ2v) is 6.08. The maximum absolute atomic E-state index is 5.74. The van der Waals surface area contributed by atoms with E-state index in [1.54, 1.807) is 0 Å². The topological polar surface area (TPSA) is 24.5 Å². The summed E-state index contributed by atoms with van der Waals surface area (Å²) in [4.78, 5) is 2.59. The second-order valence-electron chi connectivity index (χ2n) is 6.08. The van der Waals surface area contributed by atoms with Gasteiger partial charge >= 0.3 is 0 Å². The van der Waals surface area contributed by atoms with Crippen LogP contribution in [0.3, 0.4) is 0 Å². The molecule has 0 amide bonds. The summed E-state index contributed by atoms with van der Waals surface area (Å²) in [5.74, 6) is 0.895. The van der Waals surface area contributed by atoms with Gasteiger partial charge in [0.05, 0.1) is 6.61 Å². The number of ether oxygens (including phenoxy) is 1. The Morgan fingerprint density at radius 1 is 1.28 bits per heavy atom. The van der Waals surface area contributed by atoms with Crippen LogP contribution in [-0.4, -0.2) is 49.8 Å². The minimum Gasteiger partial charge on any atom is -0.380 e. The average Bonchev–Trinajstić information content (AvgIpc) is 3.18. The van der Waals surface area contributed by atoms with E-state index >= 15 is 0 Å². The molecule has 1 heterocycles. The van der Waals surface area contributed by atoms with Gasteiger partial charge in [-0.15, -0.1) is 0 Å². The van der Waals surface area contributed by atoms with Crippen molar-refractivity contribution in [2.75, 3.05) is 32.8 Å². The molecule has 0 aromatic heterocycles. The lowest BCUT2D eigenvalue weighted by Crippen LogP contribution is -2.48. The Morgan fingerprint density at radius 2 is 2.11 bits per heavy atom. The summed E-state index contributed by atoms with van der Waals surface area (Å²) >= 11 is 0. The summed E-state index contributed by atoms with van der Waals surface area (Å²) in [6, 6.07) is 1.45. The number of likely N-dealkylation sites (tertiary alicyclic amines) is 1. The first kappa shape index (κ1) is 14.3. The third-order valence-corrected chi connectivity index (χ3v) is 4.27. The van der Waals surface area contributed by atoms with Crippen molar-refractivity contribution in [3.63, 3.8) is 0 Å². The molecule has 0 radical (unpaired) electrons. The number of piperidine rings is 1. The Bertz CT molecular complexity index is 231. The molecule has 1 aliphatic carbocycles. The third-order valence-electron chi connectivity index (χ3n) is 4.27. The molecule has 106 valence electrons. The van der Waals surface area contributed by atoms with E-state index in [0.717, 1.165) is 31.7 Å². The standard InChI is InChI=1S/C15H30N2O/c1-3-7-16-15-6-8-17(13(2)11-15)9-10-18-12-14-4-5-14/h13-16H,3-12H2,1-2H3. The Balaban J connectivity index is 1.56. The molecule has 2 rings (SSSR count). The predicted octanol–water partition coefficient (Wildman–Crippen LogP) is 2.27. The summed E-state index contributed by atoms with van der Waals surface area (Å²) in [7, 11) is 0. The van der Waals surface area contributed by atoms with Crippen molar-refractivity contribution in [3.8, 4) is 0 Å². The van der Waals surface area contributed by atoms with Crippen LogP contribution in [0.2, 0.25) is 0 Å². The van der Waals surface area contributed by atoms with E-state index in [2.05, 4.69) is 24.1 Å². The van der Waals surface area contributed by atoms with Gasteiger partial charge in [-0.1, -0.05) is 6.92 Å². The van der Waals surface area contributed by atoms with Crippen LogP contribution in [0.4, 0.5) is 0 Å². The highest BCUT2D eigenvalue weighted by Crippen LogP contribution is 2.28. The Hall–Kier alpha value is -0.120. The second kappa shape index (κ2) is 7.46. The summed E-state index contributed by atoms with van der Waals surface area (Å²) in [5.41, 5.74) is 0. The number of nitrogens with one attached hydrogen (secondary N) is 1. The normalized spacial score (nSPS) is 29.7. The predicted molar refractivity (Wildman–Crippen MR) is 75.9 cm³/mol. The highest BCUT2D eigenvalue weighted by atomic mass is 16.5. The minimum atomic E-state index is 0.706. The Kier molecular flexibility index (Phi) is 5.93. The fraction of sp³-hybridized carbons (Fsp3) is 1.00. The summed E-state index contributed by atoms with van der Waals surface area (Å²) < 4.78 is 5.74. The zero-order valence-electron chi connectivity index (χ0n) is 12.2. The van der Waals surface area contributed by atoms with Crippen molar-refractivity contribution in [1.29, 1.82) is 0 Å². The molecular weight excluding hydrogens is 224 g/mol. The van der Waals surface area contributed by atoms with Crippen LogP contribution in [0.1, 0.15) is 46.0 Å². The van der Waals surface area contributed by atoms with E-state index in [0.29, 0.717) is 6.04 Å². The molecule has 18 heavy (non-hydrogen) atoms. The smallest absolute Gasteiger partial charge is 0.0593 e. The molecule has 1 saturated carbocycles. The van der Waals surface area contributed by atoms with Gasteiger partial charge in [-0.3, -0.25) is 4.90 Å². The van der Waals surface area contributed by atoms with E-state index in [1.165, 1.54) is 45.2 Å². The van der Waals surface area contributed by atoms with Gasteiger partial charge in [0.1, 0.15) is 0 Å². The fourth-order valence-corrected chi connectivity index (χ4v) is 2.80. The van der Waals surface area contributed by atoms with E-state index in [1.807, 2.05) is 0 Å². The van der Waals surface area contributed by atoms with Crippen LogP contribution in [0.15, 0.2) is 0 Å². The number of nitrogens with zero attached hydrogens (tertiary/aromatic N) is 1. The van der Waals surface area contributed by atoms with E-state index in [4.69, 9.17) is 4.74 Å². The van der Waals surface area contributed by atoms with Gasteiger partial charge in [0.15, 0.2) is 0 Å². The quantitative estimate of drug-likeness (QED) is 0.673. The molecule has 1 aliphatic heterocycles. The molecule has 3 nitrogen and oxygen atoms in total. The van der Waals surface area contributed by atoms with E-state index in [-0.39, 0.29) is 0 Å². The molecule has 0 bridgehead atoms. The van der Waals surface area contributed by atoms with Crippen LogP contribution in [0.25, 0.3) is 0 Å². The third kappa shape index (κ3) is 4.87. The summed E-state index contributed by atoms with van der Waals surface area (Å²) in [6.45, 7) is 10.0. The molecule has 0 aromatic rings. The monoisotopic (exact) mass is 254 g/mol. The minimum absolute atomic E-state index is 0.706. The van der Waals surface area contributed by atoms with Crippen molar-refractivity contribution in [2.45, 2.75) is 58.0 Å². The summed E-state index contributed by atoms with van der Waals surface area (Å²) in [5, 5.41) is 3.65. The number of hydrogen-bond acceptors (Lipinski definition) is 3. The van der Waals surface area contributed by atoms with Gasteiger partial charge in [0, 0.05) is 25.2 Å². The lowest BCUT2D eigenvalue weighted by atomic mass is 9.98. The molecule has 1 saturated heterocycles. The molecule has 0 aromatic carbocycles. The molecular formula is C15H30N2O. The molecule has 2 fully saturated rings. The van der Waals surface area contributed by atoms with Crippen LogP contribution in [0.5, 0.6) is 0 Å². The summed E-state index contributed by atoms with van der Waals surface area (Å²) in [6.07, 6.45) is 6.62. The maximum Gasteiger partial charge on any atom is 0.0593 e. The molecule has 3 heteroatoms. The van der Waals surface area contributed by atoms with Crippen LogP contribution >= 0.6 is 0 Å². The van der Waals surface area contributed by atoms with E-state index < -0.39 is 0 Å². The SMILES string of the molecule is CCCNC1CCN(CCOCC2CC2)C(C)C1. The highest BCUT2D eigenvalue weighted by molar-refractivity contribution is 4.82. The van der Waals surface area contributed by atoms with Gasteiger partial charge < -0.3 is 10.1 Å². The van der Waals surface area contributed by atoms with Crippen molar-refractivity contribution >= 4 is 0 Å². The molecule has 1 N–H and O–H groups in total. The zero-order valence-corrected chi connectivity index (χ0v) is 12.2. The first-order valence-corrected chi connectivity index (χ1v) is 7.84. The van der Waals surface area contributed by atoms with Crippen molar-refractivity contribution in [3.05, 3.63) is 0 Å². The van der Waals surface area contributed by atoms with Crippen molar-refractivity contribution in [1.82, 2.24) is 10.2 Å². The molecule has 0 spiro atoms. The number of hydrogen-bond donors (Lipinski definition) is 1. The van der Waals surface area contributed by atoms with Gasteiger partial charge in [-0.25, -0.2) is 0 Å². The Labute approximate surface area is 112 Å². The van der Waals surface area contributed by atoms with Gasteiger partial charge in [0.2, 0.25) is 0 Å². The van der Waals surface area contributed by atoms with Crippen molar-refractivity contribution in [2.24, 2.45) is 5.92 Å². The first-order chi connectivity index (χ1) is 8.79. The van der Waals surface area contributed by atoms with E-state index in [9.17, 15) is 0 Å². The zero-order chi connectivity index (χ0) is 12.8. The largest absolute Gasteiger partial charge is 0.380 e. The highest BCUT2D eigenvalue weighted by Gasteiger charge is 2.25. The average molecular weight is 254 g/mol. The van der Waals surface area contributed by atoms with Crippen molar-refractivity contribution < 1.29 is 4.74 Å². The number of rotatable bonds is 8. The fourth-order valence-electron chi connectivity index (χ4n) is 2.80.